The summed E-state index contributed by atoms with van der Waals surface area (Å²) in [7, 11) is 1.63. The van der Waals surface area contributed by atoms with Crippen LogP contribution in [-0.2, 0) is 21.5 Å². The number of ether oxygens (including phenoxy) is 2. The van der Waals surface area contributed by atoms with E-state index in [1.807, 2.05) is 75.4 Å². The van der Waals surface area contributed by atoms with E-state index in [4.69, 9.17) is 9.47 Å². The summed E-state index contributed by atoms with van der Waals surface area (Å²) in [6.07, 6.45) is 0.767. The van der Waals surface area contributed by atoms with Gasteiger partial charge in [-0.2, -0.15) is 0 Å². The van der Waals surface area contributed by atoms with Crippen LogP contribution in [0.4, 0.5) is 4.79 Å². The van der Waals surface area contributed by atoms with E-state index in [1.54, 1.807) is 12.0 Å². The molecule has 1 aliphatic rings. The molecule has 6 nitrogen and oxygen atoms in total. The minimum absolute atomic E-state index is 0.0154. The van der Waals surface area contributed by atoms with Crippen molar-refractivity contribution >= 4 is 12.0 Å². The Labute approximate surface area is 184 Å². The van der Waals surface area contributed by atoms with Crippen LogP contribution in [0.2, 0.25) is 0 Å². The molecule has 1 N–H and O–H groups in total. The van der Waals surface area contributed by atoms with Gasteiger partial charge in [-0.3, -0.25) is 4.79 Å². The summed E-state index contributed by atoms with van der Waals surface area (Å²) in [5, 5.41) is 3.11. The normalized spacial score (nSPS) is 15.8. The van der Waals surface area contributed by atoms with Gasteiger partial charge in [0.25, 0.3) is 0 Å². The number of nitrogens with one attached hydrogen (secondary N) is 1. The molecule has 0 saturated carbocycles. The van der Waals surface area contributed by atoms with E-state index in [0.717, 1.165) is 16.9 Å². The maximum atomic E-state index is 13.5. The Morgan fingerprint density at radius 1 is 1.00 bits per heavy atom. The van der Waals surface area contributed by atoms with Crippen LogP contribution >= 0.6 is 0 Å². The zero-order chi connectivity index (χ0) is 22.5. The topological polar surface area (TPSA) is 67.9 Å². The Balaban J connectivity index is 1.73. The van der Waals surface area contributed by atoms with E-state index in [2.05, 4.69) is 5.32 Å². The molecule has 0 aliphatic carbocycles. The highest BCUT2D eigenvalue weighted by atomic mass is 16.6. The Morgan fingerprint density at radius 3 is 2.16 bits per heavy atom. The summed E-state index contributed by atoms with van der Waals surface area (Å²) >= 11 is 0. The molecule has 2 aromatic rings. The van der Waals surface area contributed by atoms with Crippen molar-refractivity contribution in [1.82, 2.24) is 10.2 Å². The minimum atomic E-state index is -0.674. The van der Waals surface area contributed by atoms with Crippen LogP contribution in [0.5, 0.6) is 5.75 Å². The number of rotatable bonds is 5. The van der Waals surface area contributed by atoms with Crippen molar-refractivity contribution in [2.45, 2.75) is 51.2 Å². The third kappa shape index (κ3) is 5.57. The van der Waals surface area contributed by atoms with Gasteiger partial charge in [-0.05, 0) is 56.9 Å². The minimum Gasteiger partial charge on any atom is -0.497 e. The molecule has 2 aromatic carbocycles. The lowest BCUT2D eigenvalue weighted by molar-refractivity contribution is -0.128. The van der Waals surface area contributed by atoms with Gasteiger partial charge in [-0.15, -0.1) is 0 Å². The predicted molar refractivity (Wildman–Crippen MR) is 120 cm³/mol. The fourth-order valence-corrected chi connectivity index (χ4v) is 3.90. The van der Waals surface area contributed by atoms with Crippen LogP contribution in [0.25, 0.3) is 0 Å². The lowest BCUT2D eigenvalue weighted by Crippen LogP contribution is -2.53. The summed E-state index contributed by atoms with van der Waals surface area (Å²) in [4.78, 5) is 27.6. The SMILES string of the molecule is COc1ccc(CNC(=O)C2(c3ccccc3)CCN(C(=O)OC(C)(C)C)CC2)cc1. The maximum Gasteiger partial charge on any atom is 0.410 e. The molecular weight excluding hydrogens is 392 g/mol. The monoisotopic (exact) mass is 424 g/mol. The third-order valence-electron chi connectivity index (χ3n) is 5.64. The van der Waals surface area contributed by atoms with Gasteiger partial charge in [0.05, 0.1) is 12.5 Å². The molecule has 0 bridgehead atoms. The Kier molecular flexibility index (Phi) is 6.88. The molecule has 3 rings (SSSR count). The van der Waals surface area contributed by atoms with Crippen LogP contribution in [0.3, 0.4) is 0 Å². The Bertz CT molecular complexity index is 880. The Hall–Kier alpha value is -3.02. The summed E-state index contributed by atoms with van der Waals surface area (Å²) in [6, 6.07) is 17.5. The van der Waals surface area contributed by atoms with Gasteiger partial charge in [-0.25, -0.2) is 4.79 Å². The van der Waals surface area contributed by atoms with Crippen LogP contribution in [0.15, 0.2) is 54.6 Å². The zero-order valence-electron chi connectivity index (χ0n) is 18.8. The molecule has 0 radical (unpaired) electrons. The highest BCUT2D eigenvalue weighted by Crippen LogP contribution is 2.36. The highest BCUT2D eigenvalue weighted by Gasteiger charge is 2.44. The first-order valence-electron chi connectivity index (χ1n) is 10.7. The second-order valence-corrected chi connectivity index (χ2v) is 8.95. The van der Waals surface area contributed by atoms with Gasteiger partial charge in [0.15, 0.2) is 0 Å². The molecule has 0 aromatic heterocycles. The average Bonchev–Trinajstić information content (AvgIpc) is 2.77. The van der Waals surface area contributed by atoms with Crippen molar-refractivity contribution in [3.05, 3.63) is 65.7 Å². The lowest BCUT2D eigenvalue weighted by atomic mass is 9.72. The second-order valence-electron chi connectivity index (χ2n) is 8.95. The molecule has 2 amide bonds. The fourth-order valence-electron chi connectivity index (χ4n) is 3.90. The maximum absolute atomic E-state index is 13.5. The van der Waals surface area contributed by atoms with Gasteiger partial charge in [0.1, 0.15) is 11.4 Å². The number of carbonyl (C=O) groups is 2. The number of benzene rings is 2. The van der Waals surface area contributed by atoms with Gasteiger partial charge in [0, 0.05) is 19.6 Å². The molecule has 6 heteroatoms. The number of hydrogen-bond acceptors (Lipinski definition) is 4. The number of likely N-dealkylation sites (tertiary alicyclic amines) is 1. The van der Waals surface area contributed by atoms with Crippen molar-refractivity contribution < 1.29 is 19.1 Å². The van der Waals surface area contributed by atoms with Crippen molar-refractivity contribution in [2.24, 2.45) is 0 Å². The largest absolute Gasteiger partial charge is 0.497 e. The van der Waals surface area contributed by atoms with E-state index in [1.165, 1.54) is 0 Å². The van der Waals surface area contributed by atoms with Crippen molar-refractivity contribution in [3.8, 4) is 5.75 Å². The summed E-state index contributed by atoms with van der Waals surface area (Å²) in [5.41, 5.74) is 0.766. The van der Waals surface area contributed by atoms with Gasteiger partial charge >= 0.3 is 6.09 Å². The second kappa shape index (κ2) is 9.41. The third-order valence-corrected chi connectivity index (χ3v) is 5.64. The van der Waals surface area contributed by atoms with E-state index < -0.39 is 11.0 Å². The predicted octanol–water partition coefficient (Wildman–Crippen LogP) is 4.28. The van der Waals surface area contributed by atoms with Gasteiger partial charge in [0.2, 0.25) is 5.91 Å². The highest BCUT2D eigenvalue weighted by molar-refractivity contribution is 5.88. The smallest absolute Gasteiger partial charge is 0.410 e. The number of piperidine rings is 1. The zero-order valence-corrected chi connectivity index (χ0v) is 18.8. The first-order valence-corrected chi connectivity index (χ1v) is 10.7. The molecule has 1 heterocycles. The van der Waals surface area contributed by atoms with Crippen molar-refractivity contribution in [2.75, 3.05) is 20.2 Å². The first-order chi connectivity index (χ1) is 14.7. The Morgan fingerprint density at radius 2 is 1.61 bits per heavy atom. The number of amides is 2. The van der Waals surface area contributed by atoms with E-state index >= 15 is 0 Å². The summed E-state index contributed by atoms with van der Waals surface area (Å²) in [5.74, 6) is 0.767. The van der Waals surface area contributed by atoms with Gasteiger partial charge < -0.3 is 19.7 Å². The average molecular weight is 425 g/mol. The fraction of sp³-hybridized carbons (Fsp3) is 0.440. The number of carbonyl (C=O) groups excluding carboxylic acids is 2. The van der Waals surface area contributed by atoms with Crippen LogP contribution < -0.4 is 10.1 Å². The molecule has 31 heavy (non-hydrogen) atoms. The quantitative estimate of drug-likeness (QED) is 0.778. The standard InChI is InChI=1S/C25H32N2O4/c1-24(2,3)31-23(29)27-16-14-25(15-17-27,20-8-6-5-7-9-20)22(28)26-18-19-10-12-21(30-4)13-11-19/h5-13H,14-18H2,1-4H3,(H,26,28). The summed E-state index contributed by atoms with van der Waals surface area (Å²) < 4.78 is 10.7. The van der Waals surface area contributed by atoms with E-state index in [9.17, 15) is 9.59 Å². The van der Waals surface area contributed by atoms with Crippen LogP contribution in [0.1, 0.15) is 44.7 Å². The van der Waals surface area contributed by atoms with E-state index in [0.29, 0.717) is 32.5 Å². The molecule has 166 valence electrons. The van der Waals surface area contributed by atoms with Crippen molar-refractivity contribution in [3.63, 3.8) is 0 Å². The molecule has 0 unspecified atom stereocenters. The molecule has 0 spiro atoms. The first kappa shape index (κ1) is 22.7. The van der Waals surface area contributed by atoms with Gasteiger partial charge in [-0.1, -0.05) is 42.5 Å². The number of methoxy groups -OCH3 is 1. The lowest BCUT2D eigenvalue weighted by Gasteiger charge is -2.41. The molecule has 1 fully saturated rings. The molecule has 1 saturated heterocycles. The number of nitrogens with zero attached hydrogens (tertiary/aromatic N) is 1. The van der Waals surface area contributed by atoms with Crippen molar-refractivity contribution in [1.29, 1.82) is 0 Å². The molecule has 1 aliphatic heterocycles. The van der Waals surface area contributed by atoms with Crippen LogP contribution in [-0.4, -0.2) is 42.7 Å². The van der Waals surface area contributed by atoms with E-state index in [-0.39, 0.29) is 12.0 Å². The number of hydrogen-bond donors (Lipinski definition) is 1. The molecule has 0 atom stereocenters. The molecular formula is C25H32N2O4. The summed E-state index contributed by atoms with van der Waals surface area (Å²) in [6.45, 7) is 6.95. The van der Waals surface area contributed by atoms with Crippen LogP contribution in [0, 0.1) is 0 Å².